The molecule has 0 aliphatic carbocycles. The highest BCUT2D eigenvalue weighted by atomic mass is 35.5. The van der Waals surface area contributed by atoms with Gasteiger partial charge >= 0.3 is 0 Å². The lowest BCUT2D eigenvalue weighted by molar-refractivity contribution is 0.507. The van der Waals surface area contributed by atoms with E-state index in [2.05, 4.69) is 5.32 Å². The van der Waals surface area contributed by atoms with Gasteiger partial charge in [-0.25, -0.2) is 17.6 Å². The summed E-state index contributed by atoms with van der Waals surface area (Å²) in [6, 6.07) is 4.94. The molecule has 2 aromatic carbocycles. The first-order chi connectivity index (χ1) is 8.97. The van der Waals surface area contributed by atoms with Crippen LogP contribution < -0.4 is 5.32 Å². The van der Waals surface area contributed by atoms with E-state index in [1.807, 2.05) is 0 Å². The summed E-state index contributed by atoms with van der Waals surface area (Å²) in [4.78, 5) is 0. The summed E-state index contributed by atoms with van der Waals surface area (Å²) in [5.41, 5.74) is 0.312. The fourth-order valence-corrected chi connectivity index (χ4v) is 1.81. The zero-order chi connectivity index (χ0) is 14.0. The van der Waals surface area contributed by atoms with Gasteiger partial charge in [0.05, 0.1) is 10.7 Å². The molecule has 0 saturated carbocycles. The first-order valence-electron chi connectivity index (χ1n) is 5.29. The molecule has 0 saturated heterocycles. The summed E-state index contributed by atoms with van der Waals surface area (Å²) in [7, 11) is 0. The first-order valence-corrected chi connectivity index (χ1v) is 5.67. The second-order valence-corrected chi connectivity index (χ2v) is 4.25. The van der Waals surface area contributed by atoms with Gasteiger partial charge in [0, 0.05) is 12.6 Å². The summed E-state index contributed by atoms with van der Waals surface area (Å²) >= 11 is 5.68. The lowest BCUT2D eigenvalue weighted by Crippen LogP contribution is -2.03. The van der Waals surface area contributed by atoms with Crippen LogP contribution in [0.5, 0.6) is 0 Å². The van der Waals surface area contributed by atoms with Crippen molar-refractivity contribution in [2.75, 3.05) is 5.32 Å². The maximum atomic E-state index is 13.4. The number of rotatable bonds is 3. The molecule has 1 N–H and O–H groups in total. The molecule has 2 aromatic rings. The number of hydrogen-bond donors (Lipinski definition) is 1. The molecule has 0 spiro atoms. The van der Waals surface area contributed by atoms with E-state index in [9.17, 15) is 17.6 Å². The molecule has 0 unspecified atom stereocenters. The average Bonchev–Trinajstić information content (AvgIpc) is 2.32. The van der Waals surface area contributed by atoms with E-state index in [0.29, 0.717) is 11.6 Å². The second-order valence-electron chi connectivity index (χ2n) is 3.85. The van der Waals surface area contributed by atoms with Crippen molar-refractivity contribution in [1.82, 2.24) is 0 Å². The molecule has 0 amide bonds. The van der Waals surface area contributed by atoms with Crippen LogP contribution in [0.3, 0.4) is 0 Å². The fourth-order valence-electron chi connectivity index (χ4n) is 1.55. The van der Waals surface area contributed by atoms with Gasteiger partial charge in [0.2, 0.25) is 0 Å². The largest absolute Gasteiger partial charge is 0.377 e. The van der Waals surface area contributed by atoms with Crippen molar-refractivity contribution in [2.24, 2.45) is 0 Å². The predicted octanol–water partition coefficient (Wildman–Crippen LogP) is 4.51. The summed E-state index contributed by atoms with van der Waals surface area (Å²) in [5, 5.41) is 2.48. The third-order valence-corrected chi connectivity index (χ3v) is 2.76. The summed E-state index contributed by atoms with van der Waals surface area (Å²) in [6.07, 6.45) is 0. The minimum Gasteiger partial charge on any atom is -0.377 e. The van der Waals surface area contributed by atoms with Crippen LogP contribution in [0.2, 0.25) is 5.02 Å². The minimum atomic E-state index is -0.995. The van der Waals surface area contributed by atoms with Crippen molar-refractivity contribution in [3.63, 3.8) is 0 Å². The van der Waals surface area contributed by atoms with Gasteiger partial charge in [0.25, 0.3) is 0 Å². The Morgan fingerprint density at radius 1 is 0.895 bits per heavy atom. The molecule has 0 radical (unpaired) electrons. The van der Waals surface area contributed by atoms with Crippen LogP contribution in [0.1, 0.15) is 5.56 Å². The molecule has 0 aromatic heterocycles. The van der Waals surface area contributed by atoms with Crippen molar-refractivity contribution in [2.45, 2.75) is 6.54 Å². The lowest BCUT2D eigenvalue weighted by Gasteiger charge is -2.10. The summed E-state index contributed by atoms with van der Waals surface area (Å²) in [6.45, 7) is 0.0273. The van der Waals surface area contributed by atoms with Crippen LogP contribution in [-0.2, 0) is 6.54 Å². The van der Waals surface area contributed by atoms with Gasteiger partial charge in [0.15, 0.2) is 17.5 Å². The van der Waals surface area contributed by atoms with Crippen molar-refractivity contribution in [3.8, 4) is 0 Å². The predicted molar refractivity (Wildman–Crippen MR) is 65.1 cm³/mol. The molecule has 0 aliphatic rings. The highest BCUT2D eigenvalue weighted by molar-refractivity contribution is 6.33. The third-order valence-electron chi connectivity index (χ3n) is 2.46. The number of hydrogen-bond acceptors (Lipinski definition) is 1. The van der Waals surface area contributed by atoms with E-state index in [1.54, 1.807) is 0 Å². The van der Waals surface area contributed by atoms with Crippen molar-refractivity contribution in [3.05, 3.63) is 64.2 Å². The number of anilines is 1. The maximum absolute atomic E-state index is 13.4. The maximum Gasteiger partial charge on any atom is 0.159 e. The normalized spacial score (nSPS) is 10.6. The smallest absolute Gasteiger partial charge is 0.159 e. The van der Waals surface area contributed by atoms with Gasteiger partial charge in [0.1, 0.15) is 5.82 Å². The van der Waals surface area contributed by atoms with Gasteiger partial charge in [-0.3, -0.25) is 0 Å². The Hall–Kier alpha value is -1.75. The van der Waals surface area contributed by atoms with Gasteiger partial charge in [-0.1, -0.05) is 17.7 Å². The molecule has 0 bridgehead atoms. The molecule has 2 rings (SSSR count). The van der Waals surface area contributed by atoms with Crippen LogP contribution in [0.15, 0.2) is 30.3 Å². The summed E-state index contributed by atoms with van der Waals surface area (Å²) < 4.78 is 51.9. The Bertz CT molecular complexity index is 593. The molecule has 0 atom stereocenters. The summed E-state index contributed by atoms with van der Waals surface area (Å²) in [5.74, 6) is -3.60. The molecule has 6 heteroatoms. The standard InChI is InChI=1S/C13H8ClF4N/c14-9-4-8(15)5-12(18)13(9)19-6-7-1-2-10(16)11(17)3-7/h1-5,19H,6H2. The molecule has 100 valence electrons. The zero-order valence-corrected chi connectivity index (χ0v) is 10.2. The molecule has 1 nitrogen and oxygen atoms in total. The van der Waals surface area contributed by atoms with Gasteiger partial charge < -0.3 is 5.32 Å². The fraction of sp³-hybridized carbons (Fsp3) is 0.0769. The Morgan fingerprint density at radius 2 is 1.63 bits per heavy atom. The van der Waals surface area contributed by atoms with Crippen molar-refractivity contribution >= 4 is 17.3 Å². The molecule has 0 fully saturated rings. The first kappa shape index (κ1) is 13.7. The van der Waals surface area contributed by atoms with Crippen LogP contribution in [0.25, 0.3) is 0 Å². The van der Waals surface area contributed by atoms with Gasteiger partial charge in [-0.05, 0) is 23.8 Å². The number of nitrogens with one attached hydrogen (secondary N) is 1. The second kappa shape index (κ2) is 5.48. The average molecular weight is 290 g/mol. The molecule has 19 heavy (non-hydrogen) atoms. The Kier molecular flexibility index (Phi) is 3.95. The monoisotopic (exact) mass is 289 g/mol. The van der Waals surface area contributed by atoms with Gasteiger partial charge in [-0.2, -0.15) is 0 Å². The Morgan fingerprint density at radius 3 is 2.26 bits per heavy atom. The van der Waals surface area contributed by atoms with Crippen molar-refractivity contribution in [1.29, 1.82) is 0 Å². The van der Waals surface area contributed by atoms with E-state index >= 15 is 0 Å². The Labute approximate surface area is 111 Å². The number of halogens is 5. The molecule has 0 heterocycles. The molecular weight excluding hydrogens is 282 g/mol. The van der Waals surface area contributed by atoms with E-state index in [4.69, 9.17) is 11.6 Å². The SMILES string of the molecule is Fc1cc(F)c(NCc2ccc(F)c(F)c2)c(Cl)c1. The van der Waals surface area contributed by atoms with E-state index in [-0.39, 0.29) is 17.3 Å². The highest BCUT2D eigenvalue weighted by Gasteiger charge is 2.10. The van der Waals surface area contributed by atoms with Crippen LogP contribution >= 0.6 is 11.6 Å². The van der Waals surface area contributed by atoms with Crippen LogP contribution in [0, 0.1) is 23.3 Å². The number of benzene rings is 2. The van der Waals surface area contributed by atoms with E-state index in [0.717, 1.165) is 18.2 Å². The van der Waals surface area contributed by atoms with E-state index in [1.165, 1.54) is 6.07 Å². The molecular formula is C13H8ClF4N. The topological polar surface area (TPSA) is 12.0 Å². The molecule has 0 aliphatic heterocycles. The van der Waals surface area contributed by atoms with Crippen molar-refractivity contribution < 1.29 is 17.6 Å². The van der Waals surface area contributed by atoms with Crippen LogP contribution in [0.4, 0.5) is 23.2 Å². The quantitative estimate of drug-likeness (QED) is 0.820. The van der Waals surface area contributed by atoms with Crippen LogP contribution in [-0.4, -0.2) is 0 Å². The Balaban J connectivity index is 2.16. The zero-order valence-electron chi connectivity index (χ0n) is 9.48. The third kappa shape index (κ3) is 3.17. The lowest BCUT2D eigenvalue weighted by atomic mass is 10.2. The minimum absolute atomic E-state index is 0.0273. The highest BCUT2D eigenvalue weighted by Crippen LogP contribution is 2.26. The van der Waals surface area contributed by atoms with E-state index < -0.39 is 23.3 Å². The van der Waals surface area contributed by atoms with Gasteiger partial charge in [-0.15, -0.1) is 0 Å².